The molecule has 0 saturated heterocycles. The molecule has 0 unspecified atom stereocenters. The van der Waals surface area contributed by atoms with Crippen LogP contribution in [-0.2, 0) is 5.75 Å². The van der Waals surface area contributed by atoms with E-state index in [-0.39, 0.29) is 0 Å². The van der Waals surface area contributed by atoms with Crippen LogP contribution in [0, 0.1) is 0 Å². The third-order valence-electron chi connectivity index (χ3n) is 2.92. The lowest BCUT2D eigenvalue weighted by atomic mass is 10.2. The van der Waals surface area contributed by atoms with Crippen molar-refractivity contribution < 1.29 is 13.5 Å². The largest absolute Gasteiger partial charge is 0.496 e. The van der Waals surface area contributed by atoms with Gasteiger partial charge in [-0.05, 0) is 24.1 Å². The summed E-state index contributed by atoms with van der Waals surface area (Å²) in [5.41, 5.74) is 1.01. The van der Waals surface area contributed by atoms with E-state index in [9.17, 15) is 8.78 Å². The number of hydrogen-bond acceptors (Lipinski definition) is 7. The molecule has 0 spiro atoms. The molecule has 1 heterocycles. The van der Waals surface area contributed by atoms with Crippen LogP contribution < -0.4 is 4.74 Å². The third kappa shape index (κ3) is 6.42. The van der Waals surface area contributed by atoms with Crippen LogP contribution in [0.4, 0.5) is 8.78 Å². The van der Waals surface area contributed by atoms with E-state index in [0.29, 0.717) is 28.2 Å². The fraction of sp³-hybridized carbons (Fsp3) is 0.467. The van der Waals surface area contributed by atoms with Crippen molar-refractivity contribution in [3.8, 4) is 5.75 Å². The quantitative estimate of drug-likeness (QED) is 0.352. The second-order valence-corrected chi connectivity index (χ2v) is 9.26. The Kier molecular flexibility index (Phi) is 8.65. The number of unbranched alkanes of at least 4 members (excludes halogenated alkanes) is 1. The monoisotopic (exact) mass is 408 g/mol. The fourth-order valence-corrected chi connectivity index (χ4v) is 5.47. The number of halogens is 2. The van der Waals surface area contributed by atoms with Crippen LogP contribution in [0.5, 0.6) is 5.75 Å². The van der Waals surface area contributed by atoms with Gasteiger partial charge in [-0.2, -0.15) is 8.78 Å². The van der Waals surface area contributed by atoms with Crippen LogP contribution in [-0.4, -0.2) is 28.8 Å². The SMILES string of the molecule is CCCCSc1nnc(SCc2ccc(SC(F)F)c(OC)c2)s1. The minimum atomic E-state index is -2.45. The van der Waals surface area contributed by atoms with Crippen molar-refractivity contribution in [2.45, 2.75) is 44.9 Å². The van der Waals surface area contributed by atoms with Gasteiger partial charge in [0.1, 0.15) is 5.75 Å². The molecule has 0 atom stereocenters. The molecule has 0 radical (unpaired) electrons. The Morgan fingerprint density at radius 1 is 1.21 bits per heavy atom. The van der Waals surface area contributed by atoms with Gasteiger partial charge in [0.15, 0.2) is 8.68 Å². The summed E-state index contributed by atoms with van der Waals surface area (Å²) >= 11 is 5.42. The predicted octanol–water partition coefficient (Wildman–Crippen LogP) is 6.05. The van der Waals surface area contributed by atoms with Crippen LogP contribution in [0.1, 0.15) is 25.3 Å². The minimum Gasteiger partial charge on any atom is -0.496 e. The molecule has 0 aliphatic heterocycles. The summed E-state index contributed by atoms with van der Waals surface area (Å²) in [7, 11) is 1.49. The highest BCUT2D eigenvalue weighted by atomic mass is 32.2. The molecule has 1 aromatic carbocycles. The molecule has 2 rings (SSSR count). The molecule has 0 N–H and O–H groups in total. The topological polar surface area (TPSA) is 35.0 Å². The van der Waals surface area contributed by atoms with Crippen molar-refractivity contribution in [1.29, 1.82) is 0 Å². The highest BCUT2D eigenvalue weighted by Crippen LogP contribution is 2.36. The Hall–Kier alpha value is -0.510. The Morgan fingerprint density at radius 3 is 2.62 bits per heavy atom. The van der Waals surface area contributed by atoms with E-state index in [1.54, 1.807) is 47.0 Å². The molecule has 0 bridgehead atoms. The van der Waals surface area contributed by atoms with Gasteiger partial charge in [0, 0.05) is 11.5 Å². The molecule has 9 heteroatoms. The van der Waals surface area contributed by atoms with Crippen LogP contribution in [0.3, 0.4) is 0 Å². The maximum absolute atomic E-state index is 12.5. The maximum atomic E-state index is 12.5. The van der Waals surface area contributed by atoms with Crippen molar-refractivity contribution in [2.24, 2.45) is 0 Å². The predicted molar refractivity (Wildman–Crippen MR) is 100.0 cm³/mol. The second-order valence-electron chi connectivity index (χ2n) is 4.69. The Bertz CT molecular complexity index is 640. The van der Waals surface area contributed by atoms with E-state index in [1.165, 1.54) is 20.0 Å². The number of methoxy groups -OCH3 is 1. The van der Waals surface area contributed by atoms with Gasteiger partial charge < -0.3 is 4.74 Å². The zero-order valence-electron chi connectivity index (χ0n) is 13.3. The average Bonchev–Trinajstić information content (AvgIpc) is 3.01. The number of thioether (sulfide) groups is 3. The van der Waals surface area contributed by atoms with E-state index in [2.05, 4.69) is 17.1 Å². The molecule has 0 aliphatic carbocycles. The Morgan fingerprint density at radius 2 is 1.96 bits per heavy atom. The molecule has 3 nitrogen and oxygen atoms in total. The van der Waals surface area contributed by atoms with Crippen molar-refractivity contribution in [2.75, 3.05) is 12.9 Å². The Labute approximate surface area is 157 Å². The lowest BCUT2D eigenvalue weighted by molar-refractivity contribution is 0.251. The van der Waals surface area contributed by atoms with Gasteiger partial charge in [-0.3, -0.25) is 0 Å². The van der Waals surface area contributed by atoms with Gasteiger partial charge in [0.2, 0.25) is 0 Å². The summed E-state index contributed by atoms with van der Waals surface area (Å²) in [6, 6.07) is 5.32. The van der Waals surface area contributed by atoms with Crippen molar-refractivity contribution in [1.82, 2.24) is 10.2 Å². The van der Waals surface area contributed by atoms with Crippen LogP contribution >= 0.6 is 46.6 Å². The van der Waals surface area contributed by atoms with Gasteiger partial charge in [0.05, 0.1) is 12.0 Å². The molecule has 0 amide bonds. The summed E-state index contributed by atoms with van der Waals surface area (Å²) in [5.74, 6) is -0.212. The molecule has 1 aromatic heterocycles. The first-order valence-corrected chi connectivity index (χ1v) is 11.0. The van der Waals surface area contributed by atoms with Gasteiger partial charge in [0.25, 0.3) is 5.76 Å². The maximum Gasteiger partial charge on any atom is 0.289 e. The number of ether oxygens (including phenoxy) is 1. The van der Waals surface area contributed by atoms with E-state index >= 15 is 0 Å². The van der Waals surface area contributed by atoms with Crippen LogP contribution in [0.2, 0.25) is 0 Å². The number of hydrogen-bond donors (Lipinski definition) is 0. The minimum absolute atomic E-state index is 0.451. The number of alkyl halides is 2. The average molecular weight is 409 g/mol. The normalized spacial score (nSPS) is 11.2. The van der Waals surface area contributed by atoms with E-state index in [1.807, 2.05) is 6.07 Å². The molecule has 0 aliphatic rings. The number of benzene rings is 1. The summed E-state index contributed by atoms with van der Waals surface area (Å²) in [6.45, 7) is 2.17. The molecule has 0 saturated carbocycles. The third-order valence-corrected chi connectivity index (χ3v) is 7.03. The van der Waals surface area contributed by atoms with Crippen LogP contribution in [0.15, 0.2) is 31.8 Å². The standard InChI is InChI=1S/C15H18F2N2OS4/c1-3-4-7-21-14-18-19-15(24-14)22-9-10-5-6-12(23-13(16)17)11(8-10)20-2/h5-6,8,13H,3-4,7,9H2,1-2H3. The van der Waals surface area contributed by atoms with Gasteiger partial charge in [-0.1, -0.05) is 66.0 Å². The lowest BCUT2D eigenvalue weighted by Gasteiger charge is -2.09. The molecule has 2 aromatic rings. The van der Waals surface area contributed by atoms with E-state index in [4.69, 9.17) is 4.74 Å². The lowest BCUT2D eigenvalue weighted by Crippen LogP contribution is -1.91. The van der Waals surface area contributed by atoms with Gasteiger partial charge in [-0.15, -0.1) is 10.2 Å². The summed E-state index contributed by atoms with van der Waals surface area (Å²) in [5, 5.41) is 8.37. The summed E-state index contributed by atoms with van der Waals surface area (Å²) in [4.78, 5) is 0.451. The first kappa shape index (κ1) is 19.8. The second kappa shape index (κ2) is 10.5. The molecular formula is C15H18F2N2OS4. The van der Waals surface area contributed by atoms with Crippen molar-refractivity contribution >= 4 is 46.6 Å². The smallest absolute Gasteiger partial charge is 0.289 e. The van der Waals surface area contributed by atoms with E-state index < -0.39 is 5.76 Å². The zero-order chi connectivity index (χ0) is 17.4. The highest BCUT2D eigenvalue weighted by molar-refractivity contribution is 8.02. The van der Waals surface area contributed by atoms with Gasteiger partial charge in [-0.25, -0.2) is 0 Å². The van der Waals surface area contributed by atoms with Crippen molar-refractivity contribution in [3.05, 3.63) is 23.8 Å². The fourth-order valence-electron chi connectivity index (χ4n) is 1.76. The summed E-state index contributed by atoms with van der Waals surface area (Å²) in [6.07, 6.45) is 2.35. The zero-order valence-corrected chi connectivity index (χ0v) is 16.6. The van der Waals surface area contributed by atoms with Gasteiger partial charge >= 0.3 is 0 Å². The Balaban J connectivity index is 1.92. The molecule has 0 fully saturated rings. The molecular weight excluding hydrogens is 390 g/mol. The first-order chi connectivity index (χ1) is 11.6. The summed E-state index contributed by atoms with van der Waals surface area (Å²) < 4.78 is 32.1. The van der Waals surface area contributed by atoms with Crippen LogP contribution in [0.25, 0.3) is 0 Å². The molecule has 24 heavy (non-hydrogen) atoms. The molecule has 132 valence electrons. The van der Waals surface area contributed by atoms with Crippen molar-refractivity contribution in [3.63, 3.8) is 0 Å². The van der Waals surface area contributed by atoms with E-state index in [0.717, 1.165) is 20.0 Å². The number of nitrogens with zero attached hydrogens (tertiary/aromatic N) is 2. The first-order valence-electron chi connectivity index (χ1n) is 7.33. The number of rotatable bonds is 10. The number of aromatic nitrogens is 2. The highest BCUT2D eigenvalue weighted by Gasteiger charge is 2.12.